The van der Waals surface area contributed by atoms with Gasteiger partial charge in [-0.3, -0.25) is 4.79 Å². The van der Waals surface area contributed by atoms with E-state index in [1.54, 1.807) is 9.80 Å². The summed E-state index contributed by atoms with van der Waals surface area (Å²) in [6, 6.07) is 2.29. The van der Waals surface area contributed by atoms with E-state index in [0.717, 1.165) is 6.07 Å². The fraction of sp³-hybridized carbons (Fsp3) is 0.500. The van der Waals surface area contributed by atoms with Gasteiger partial charge in [0.25, 0.3) is 0 Å². The number of carbonyl (C=O) groups excluding carboxylic acids is 1. The van der Waals surface area contributed by atoms with Crippen LogP contribution in [0.25, 0.3) is 0 Å². The van der Waals surface area contributed by atoms with Crippen molar-refractivity contribution in [3.8, 4) is 0 Å². The van der Waals surface area contributed by atoms with E-state index < -0.39 is 11.7 Å². The highest BCUT2D eigenvalue weighted by molar-refractivity contribution is 5.76. The van der Waals surface area contributed by atoms with Crippen LogP contribution >= 0.6 is 0 Å². The number of aromatic nitrogens is 5. The van der Waals surface area contributed by atoms with Crippen LogP contribution in [0.2, 0.25) is 0 Å². The van der Waals surface area contributed by atoms with Crippen LogP contribution in [0.3, 0.4) is 0 Å². The molecule has 11 heteroatoms. The van der Waals surface area contributed by atoms with Crippen molar-refractivity contribution in [1.82, 2.24) is 30.1 Å². The smallest absolute Gasteiger partial charge is 0.354 e. The molecule has 0 radical (unpaired) electrons. The average molecular weight is 355 g/mol. The van der Waals surface area contributed by atoms with Crippen LogP contribution in [-0.2, 0) is 17.5 Å². The standard InChI is InChI=1S/C14H16F3N7O/c15-14(16,17)11-3-1-4-18-13(11)23-6-2-5-22(7-8-23)12(25)9-24-10-19-20-21-24/h1,3-4,10H,2,5-9H2. The lowest BCUT2D eigenvalue weighted by Gasteiger charge is -2.25. The van der Waals surface area contributed by atoms with Crippen LogP contribution in [0.5, 0.6) is 0 Å². The van der Waals surface area contributed by atoms with Gasteiger partial charge in [0.05, 0.1) is 5.56 Å². The molecule has 0 aromatic carbocycles. The number of halogens is 3. The molecular weight excluding hydrogens is 339 g/mol. The van der Waals surface area contributed by atoms with Crippen molar-refractivity contribution in [2.75, 3.05) is 31.1 Å². The van der Waals surface area contributed by atoms with Crippen molar-refractivity contribution in [3.05, 3.63) is 30.2 Å². The monoisotopic (exact) mass is 355 g/mol. The molecule has 1 fully saturated rings. The second-order valence-corrected chi connectivity index (χ2v) is 5.60. The zero-order chi connectivity index (χ0) is 17.9. The molecule has 0 saturated carbocycles. The maximum atomic E-state index is 13.2. The predicted molar refractivity (Wildman–Crippen MR) is 80.5 cm³/mol. The topological polar surface area (TPSA) is 80.0 Å². The number of anilines is 1. The van der Waals surface area contributed by atoms with Crippen LogP contribution in [-0.4, -0.2) is 62.2 Å². The third-order valence-corrected chi connectivity index (χ3v) is 3.93. The molecule has 3 heterocycles. The molecule has 8 nitrogen and oxygen atoms in total. The summed E-state index contributed by atoms with van der Waals surface area (Å²) in [4.78, 5) is 19.4. The number of nitrogens with zero attached hydrogens (tertiary/aromatic N) is 7. The Balaban J connectivity index is 1.69. The van der Waals surface area contributed by atoms with Gasteiger partial charge in [0, 0.05) is 32.4 Å². The van der Waals surface area contributed by atoms with Crippen molar-refractivity contribution in [1.29, 1.82) is 0 Å². The first-order valence-electron chi connectivity index (χ1n) is 7.71. The van der Waals surface area contributed by atoms with Gasteiger partial charge >= 0.3 is 6.18 Å². The number of carbonyl (C=O) groups is 1. The second kappa shape index (κ2) is 7.03. The van der Waals surface area contributed by atoms with E-state index in [4.69, 9.17) is 0 Å². The molecule has 1 aliphatic rings. The van der Waals surface area contributed by atoms with Gasteiger partial charge in [-0.25, -0.2) is 9.67 Å². The summed E-state index contributed by atoms with van der Waals surface area (Å²) in [5.74, 6) is -0.268. The maximum Gasteiger partial charge on any atom is 0.419 e. The molecule has 0 N–H and O–H groups in total. The summed E-state index contributed by atoms with van der Waals surface area (Å²) >= 11 is 0. The van der Waals surface area contributed by atoms with Gasteiger partial charge in [-0.05, 0) is 29.0 Å². The van der Waals surface area contributed by atoms with Crippen molar-refractivity contribution < 1.29 is 18.0 Å². The Labute approximate surface area is 141 Å². The Morgan fingerprint density at radius 3 is 2.76 bits per heavy atom. The summed E-state index contributed by atoms with van der Waals surface area (Å²) < 4.78 is 40.8. The number of alkyl halides is 3. The third-order valence-electron chi connectivity index (χ3n) is 3.93. The Hall–Kier alpha value is -2.72. The molecule has 0 atom stereocenters. The average Bonchev–Trinajstić information content (AvgIpc) is 2.95. The number of amides is 1. The van der Waals surface area contributed by atoms with Crippen LogP contribution in [0.15, 0.2) is 24.7 Å². The fourth-order valence-corrected chi connectivity index (χ4v) is 2.74. The Bertz CT molecular complexity index is 719. The molecule has 3 rings (SSSR count). The fourth-order valence-electron chi connectivity index (χ4n) is 2.74. The maximum absolute atomic E-state index is 13.2. The van der Waals surface area contributed by atoms with E-state index in [-0.39, 0.29) is 24.8 Å². The lowest BCUT2D eigenvalue weighted by molar-refractivity contribution is -0.137. The van der Waals surface area contributed by atoms with Gasteiger partial charge in [0.1, 0.15) is 18.7 Å². The first-order chi connectivity index (χ1) is 11.9. The number of hydrogen-bond acceptors (Lipinski definition) is 6. The Morgan fingerprint density at radius 2 is 2.04 bits per heavy atom. The van der Waals surface area contributed by atoms with Gasteiger partial charge < -0.3 is 9.80 Å². The van der Waals surface area contributed by atoms with Crippen molar-refractivity contribution in [2.45, 2.75) is 19.1 Å². The largest absolute Gasteiger partial charge is 0.419 e. The lowest BCUT2D eigenvalue weighted by Crippen LogP contribution is -2.37. The summed E-state index contributed by atoms with van der Waals surface area (Å²) in [6.07, 6.45) is -1.23. The highest BCUT2D eigenvalue weighted by Gasteiger charge is 2.36. The Morgan fingerprint density at radius 1 is 1.20 bits per heavy atom. The molecule has 1 aliphatic heterocycles. The zero-order valence-corrected chi connectivity index (χ0v) is 13.2. The third kappa shape index (κ3) is 4.03. The molecule has 0 bridgehead atoms. The highest BCUT2D eigenvalue weighted by Crippen LogP contribution is 2.35. The first-order valence-corrected chi connectivity index (χ1v) is 7.71. The van der Waals surface area contributed by atoms with Gasteiger partial charge in [-0.2, -0.15) is 13.2 Å². The van der Waals surface area contributed by atoms with E-state index >= 15 is 0 Å². The molecule has 0 unspecified atom stereocenters. The zero-order valence-electron chi connectivity index (χ0n) is 13.2. The molecule has 1 amide bonds. The molecular formula is C14H16F3N7O. The molecule has 2 aromatic heterocycles. The van der Waals surface area contributed by atoms with Crippen LogP contribution in [0.1, 0.15) is 12.0 Å². The van der Waals surface area contributed by atoms with E-state index in [9.17, 15) is 18.0 Å². The predicted octanol–water partition coefficient (Wildman–Crippen LogP) is 0.826. The quantitative estimate of drug-likeness (QED) is 0.811. The SMILES string of the molecule is O=C(Cn1cnnn1)N1CCCN(c2ncccc2C(F)(F)F)CC1. The van der Waals surface area contributed by atoms with E-state index in [2.05, 4.69) is 20.5 Å². The minimum atomic E-state index is -4.47. The number of pyridine rings is 1. The first kappa shape index (κ1) is 17.1. The molecule has 2 aromatic rings. The number of rotatable bonds is 3. The van der Waals surface area contributed by atoms with E-state index in [1.807, 2.05) is 0 Å². The molecule has 134 valence electrons. The van der Waals surface area contributed by atoms with Gasteiger partial charge in [0.15, 0.2) is 0 Å². The second-order valence-electron chi connectivity index (χ2n) is 5.60. The van der Waals surface area contributed by atoms with Crippen LogP contribution < -0.4 is 4.90 Å². The molecule has 0 spiro atoms. The number of tetrazole rings is 1. The highest BCUT2D eigenvalue weighted by atomic mass is 19.4. The minimum absolute atomic E-state index is 0.00435. The summed E-state index contributed by atoms with van der Waals surface area (Å²) in [5.41, 5.74) is -0.761. The van der Waals surface area contributed by atoms with E-state index in [0.29, 0.717) is 26.1 Å². The van der Waals surface area contributed by atoms with Crippen LogP contribution in [0.4, 0.5) is 19.0 Å². The number of hydrogen-bond donors (Lipinski definition) is 0. The lowest BCUT2D eigenvalue weighted by atomic mass is 10.2. The van der Waals surface area contributed by atoms with Gasteiger partial charge in [-0.15, -0.1) is 5.10 Å². The Kier molecular flexibility index (Phi) is 4.81. The van der Waals surface area contributed by atoms with Crippen molar-refractivity contribution in [2.24, 2.45) is 0 Å². The van der Waals surface area contributed by atoms with Crippen molar-refractivity contribution >= 4 is 11.7 Å². The minimum Gasteiger partial charge on any atom is -0.354 e. The molecule has 1 saturated heterocycles. The normalized spacial score (nSPS) is 16.0. The van der Waals surface area contributed by atoms with Gasteiger partial charge in [-0.1, -0.05) is 0 Å². The van der Waals surface area contributed by atoms with Gasteiger partial charge in [0.2, 0.25) is 5.91 Å². The molecule has 25 heavy (non-hydrogen) atoms. The van der Waals surface area contributed by atoms with E-state index in [1.165, 1.54) is 23.3 Å². The summed E-state index contributed by atoms with van der Waals surface area (Å²) in [5, 5.41) is 10.6. The van der Waals surface area contributed by atoms with Crippen molar-refractivity contribution in [3.63, 3.8) is 0 Å². The summed E-state index contributed by atoms with van der Waals surface area (Å²) in [7, 11) is 0. The molecule has 0 aliphatic carbocycles. The summed E-state index contributed by atoms with van der Waals surface area (Å²) in [6.45, 7) is 1.46. The van der Waals surface area contributed by atoms with Crippen LogP contribution in [0, 0.1) is 0 Å².